The summed E-state index contributed by atoms with van der Waals surface area (Å²) in [6.07, 6.45) is -10.8. The van der Waals surface area contributed by atoms with Gasteiger partial charge in [-0.1, -0.05) is 0 Å². The number of rotatable bonds is 5. The molecule has 2 rings (SSSR count). The van der Waals surface area contributed by atoms with Gasteiger partial charge in [0.1, 0.15) is 11.4 Å². The lowest BCUT2D eigenvalue weighted by molar-refractivity contribution is 0.0743. The van der Waals surface area contributed by atoms with E-state index in [2.05, 4.69) is 23.2 Å². The Bertz CT molecular complexity index is 569. The van der Waals surface area contributed by atoms with Gasteiger partial charge in [0, 0.05) is 12.6 Å². The van der Waals surface area contributed by atoms with Gasteiger partial charge < -0.3 is 5.11 Å². The fraction of sp³-hybridized carbons (Fsp3) is 0.429. The predicted octanol–water partition coefficient (Wildman–Crippen LogP) is 3.85. The molecule has 24 heavy (non-hydrogen) atoms. The molecule has 0 aliphatic carbocycles. The number of aliphatic hydroxyl groups excluding tert-OH is 1. The van der Waals surface area contributed by atoms with Crippen molar-refractivity contribution < 1.29 is 31.4 Å². The fourth-order valence-electron chi connectivity index (χ4n) is 2.13. The number of nitrogens with zero attached hydrogens (tertiary/aromatic N) is 3. The molecular weight excluding hydrogens is 340 g/mol. The number of pyridine rings is 1. The van der Waals surface area contributed by atoms with E-state index in [1.54, 1.807) is 0 Å². The summed E-state index contributed by atoms with van der Waals surface area (Å²) < 4.78 is 75.8. The van der Waals surface area contributed by atoms with E-state index in [0.29, 0.717) is 5.01 Å². The van der Waals surface area contributed by atoms with Gasteiger partial charge in [0.05, 0.1) is 11.6 Å². The molecule has 2 heterocycles. The SMILES string of the molecule is C=C.OC1C(CC(F)F)C(C(F)F)=NN1c1ccnc(C(F)F)c1. The highest BCUT2D eigenvalue weighted by molar-refractivity contribution is 5.93. The number of hydrazone groups is 1. The van der Waals surface area contributed by atoms with Gasteiger partial charge in [0.25, 0.3) is 12.9 Å². The molecule has 0 bridgehead atoms. The third-order valence-electron chi connectivity index (χ3n) is 3.12. The van der Waals surface area contributed by atoms with Crippen molar-refractivity contribution in [2.45, 2.75) is 31.9 Å². The minimum Gasteiger partial charge on any atom is -0.371 e. The Hall–Kier alpha value is -2.10. The molecular formula is C14H15F6N3O. The van der Waals surface area contributed by atoms with Crippen molar-refractivity contribution in [3.8, 4) is 0 Å². The van der Waals surface area contributed by atoms with Gasteiger partial charge in [0.2, 0.25) is 6.43 Å². The second-order valence-electron chi connectivity index (χ2n) is 4.56. The van der Waals surface area contributed by atoms with Gasteiger partial charge in [-0.15, -0.1) is 13.2 Å². The van der Waals surface area contributed by atoms with Crippen molar-refractivity contribution in [3.05, 3.63) is 37.2 Å². The lowest BCUT2D eigenvalue weighted by Gasteiger charge is -2.23. The zero-order chi connectivity index (χ0) is 18.4. The van der Waals surface area contributed by atoms with Gasteiger partial charge >= 0.3 is 0 Å². The first-order chi connectivity index (χ1) is 11.3. The molecule has 1 aliphatic rings. The molecule has 0 amide bonds. The van der Waals surface area contributed by atoms with Crippen LogP contribution in [0.3, 0.4) is 0 Å². The van der Waals surface area contributed by atoms with Crippen molar-refractivity contribution in [1.82, 2.24) is 4.98 Å². The lowest BCUT2D eigenvalue weighted by atomic mass is 9.98. The predicted molar refractivity (Wildman–Crippen MR) is 76.5 cm³/mol. The molecule has 2 unspecified atom stereocenters. The van der Waals surface area contributed by atoms with E-state index in [0.717, 1.165) is 18.3 Å². The normalized spacial score (nSPS) is 20.4. The van der Waals surface area contributed by atoms with E-state index in [4.69, 9.17) is 0 Å². The minimum atomic E-state index is -3.14. The molecule has 134 valence electrons. The van der Waals surface area contributed by atoms with E-state index in [1.165, 1.54) is 0 Å². The summed E-state index contributed by atoms with van der Waals surface area (Å²) in [5.74, 6) is -1.58. The zero-order valence-electron chi connectivity index (χ0n) is 12.3. The molecule has 1 aromatic heterocycles. The quantitative estimate of drug-likeness (QED) is 0.645. The highest BCUT2D eigenvalue weighted by Crippen LogP contribution is 2.33. The number of hydrogen-bond acceptors (Lipinski definition) is 4. The van der Waals surface area contributed by atoms with Crippen LogP contribution in [0.15, 0.2) is 36.6 Å². The number of alkyl halides is 6. The first-order valence-corrected chi connectivity index (χ1v) is 6.67. The Morgan fingerprint density at radius 2 is 1.75 bits per heavy atom. The Morgan fingerprint density at radius 3 is 2.25 bits per heavy atom. The average molecular weight is 355 g/mol. The summed E-state index contributed by atoms with van der Waals surface area (Å²) >= 11 is 0. The van der Waals surface area contributed by atoms with E-state index >= 15 is 0 Å². The molecule has 2 atom stereocenters. The summed E-state index contributed by atoms with van der Waals surface area (Å²) in [5.41, 5.74) is -1.67. The molecule has 0 aromatic carbocycles. The summed E-state index contributed by atoms with van der Waals surface area (Å²) in [6, 6.07) is 2.01. The van der Waals surface area contributed by atoms with Crippen molar-refractivity contribution in [3.63, 3.8) is 0 Å². The van der Waals surface area contributed by atoms with Crippen LogP contribution in [0.4, 0.5) is 32.0 Å². The van der Waals surface area contributed by atoms with E-state index in [-0.39, 0.29) is 5.69 Å². The Balaban J connectivity index is 0.00000139. The Labute approximate surface area is 134 Å². The van der Waals surface area contributed by atoms with Crippen LogP contribution < -0.4 is 5.01 Å². The van der Waals surface area contributed by atoms with Gasteiger partial charge in [-0.2, -0.15) is 5.10 Å². The second kappa shape index (κ2) is 8.67. The van der Waals surface area contributed by atoms with Crippen molar-refractivity contribution in [2.24, 2.45) is 11.0 Å². The van der Waals surface area contributed by atoms with E-state index in [9.17, 15) is 31.4 Å². The summed E-state index contributed by atoms with van der Waals surface area (Å²) in [4.78, 5) is 3.38. The minimum absolute atomic E-state index is 0.132. The molecule has 0 spiro atoms. The number of hydrogen-bond donors (Lipinski definition) is 1. The van der Waals surface area contributed by atoms with E-state index in [1.807, 2.05) is 0 Å². The molecule has 0 saturated carbocycles. The number of aliphatic hydroxyl groups is 1. The molecule has 4 nitrogen and oxygen atoms in total. The highest BCUT2D eigenvalue weighted by atomic mass is 19.3. The standard InChI is InChI=1S/C12H11F6N3O.C2H4/c13-8(14)4-6-9(11(17)18)20-21(12(6)22)5-1-2-19-7(3-5)10(15)16;1-2/h1-3,6,8,10-12,22H,4H2;1-2H2. The third-order valence-corrected chi connectivity index (χ3v) is 3.12. The monoisotopic (exact) mass is 355 g/mol. The Kier molecular flexibility index (Phi) is 7.20. The van der Waals surface area contributed by atoms with Crippen LogP contribution in [-0.2, 0) is 0 Å². The maximum absolute atomic E-state index is 12.9. The first-order valence-electron chi connectivity index (χ1n) is 6.67. The topological polar surface area (TPSA) is 48.7 Å². The molecule has 1 N–H and O–H groups in total. The molecule has 0 fully saturated rings. The van der Waals surface area contributed by atoms with Gasteiger partial charge in [-0.05, 0) is 12.1 Å². The average Bonchev–Trinajstić information content (AvgIpc) is 2.86. The largest absolute Gasteiger partial charge is 0.371 e. The third kappa shape index (κ3) is 4.47. The molecule has 1 aliphatic heterocycles. The highest BCUT2D eigenvalue weighted by Gasteiger charge is 2.42. The molecule has 1 aromatic rings. The summed E-state index contributed by atoms with van der Waals surface area (Å²) in [5, 5.41) is 14.0. The Morgan fingerprint density at radius 1 is 1.12 bits per heavy atom. The fourth-order valence-corrected chi connectivity index (χ4v) is 2.13. The van der Waals surface area contributed by atoms with Crippen LogP contribution in [0.5, 0.6) is 0 Å². The maximum Gasteiger partial charge on any atom is 0.280 e. The number of anilines is 1. The van der Waals surface area contributed by atoms with E-state index < -0.39 is 49.2 Å². The maximum atomic E-state index is 12.9. The van der Waals surface area contributed by atoms with Crippen molar-refractivity contribution >= 4 is 11.4 Å². The molecule has 10 heteroatoms. The summed E-state index contributed by atoms with van der Waals surface area (Å²) in [6.45, 7) is 6.00. The lowest BCUT2D eigenvalue weighted by Crippen LogP contribution is -2.35. The van der Waals surface area contributed by atoms with Crippen LogP contribution in [0, 0.1) is 5.92 Å². The van der Waals surface area contributed by atoms with Crippen LogP contribution in [0.2, 0.25) is 0 Å². The van der Waals surface area contributed by atoms with Gasteiger partial charge in [-0.3, -0.25) is 4.98 Å². The van der Waals surface area contributed by atoms with Crippen LogP contribution in [0.1, 0.15) is 18.5 Å². The molecule has 0 saturated heterocycles. The zero-order valence-corrected chi connectivity index (χ0v) is 12.3. The summed E-state index contributed by atoms with van der Waals surface area (Å²) in [7, 11) is 0. The smallest absolute Gasteiger partial charge is 0.280 e. The van der Waals surface area contributed by atoms with Gasteiger partial charge in [0.15, 0.2) is 6.23 Å². The van der Waals surface area contributed by atoms with Crippen molar-refractivity contribution in [2.75, 3.05) is 5.01 Å². The number of aromatic nitrogens is 1. The number of halogens is 6. The van der Waals surface area contributed by atoms with Gasteiger partial charge in [-0.25, -0.2) is 31.4 Å². The van der Waals surface area contributed by atoms with Crippen LogP contribution in [-0.4, -0.2) is 34.9 Å². The van der Waals surface area contributed by atoms with Crippen LogP contribution in [0.25, 0.3) is 0 Å². The van der Waals surface area contributed by atoms with Crippen molar-refractivity contribution in [1.29, 1.82) is 0 Å². The molecule has 0 radical (unpaired) electrons. The van der Waals surface area contributed by atoms with Crippen LogP contribution >= 0.6 is 0 Å². The first kappa shape index (κ1) is 19.9. The second-order valence-corrected chi connectivity index (χ2v) is 4.56.